The van der Waals surface area contributed by atoms with Gasteiger partial charge in [0.25, 0.3) is 5.19 Å². The zero-order valence-corrected chi connectivity index (χ0v) is 12.3. The lowest BCUT2D eigenvalue weighted by Crippen LogP contribution is -2.31. The van der Waals surface area contributed by atoms with Crippen molar-refractivity contribution < 1.29 is 9.47 Å². The summed E-state index contributed by atoms with van der Waals surface area (Å²) in [5, 5.41) is 17.2. The maximum Gasteiger partial charge on any atom is 0.293 e. The van der Waals surface area contributed by atoms with Crippen LogP contribution in [-0.4, -0.2) is 39.7 Å². The van der Waals surface area contributed by atoms with E-state index < -0.39 is 0 Å². The summed E-state index contributed by atoms with van der Waals surface area (Å²) in [5.74, 6) is 0. The van der Waals surface area contributed by atoms with Crippen molar-refractivity contribution in [1.29, 1.82) is 0 Å². The van der Waals surface area contributed by atoms with E-state index in [2.05, 4.69) is 20.6 Å². The van der Waals surface area contributed by atoms with E-state index in [0.29, 0.717) is 11.7 Å². The van der Waals surface area contributed by atoms with E-state index in [1.807, 2.05) is 19.4 Å². The highest BCUT2D eigenvalue weighted by atomic mass is 32.1. The topological polar surface area (TPSA) is 74.1 Å². The molecule has 0 saturated carbocycles. The van der Waals surface area contributed by atoms with E-state index in [9.17, 15) is 0 Å². The highest BCUT2D eigenvalue weighted by molar-refractivity contribution is 7.13. The third kappa shape index (κ3) is 2.82. The lowest BCUT2D eigenvalue weighted by atomic mass is 10.1. The molecule has 3 heterocycles. The first-order valence-electron chi connectivity index (χ1n) is 6.46. The predicted octanol–water partition coefficient (Wildman–Crippen LogP) is 0.900. The molecule has 3 rings (SSSR count). The highest BCUT2D eigenvalue weighted by Gasteiger charge is 2.30. The summed E-state index contributed by atoms with van der Waals surface area (Å²) >= 11 is 1.45. The lowest BCUT2D eigenvalue weighted by molar-refractivity contribution is 0.0984. The van der Waals surface area contributed by atoms with Crippen LogP contribution < -0.4 is 10.1 Å². The number of aromatic nitrogens is 4. The largest absolute Gasteiger partial charge is 0.472 e. The van der Waals surface area contributed by atoms with Crippen molar-refractivity contribution >= 4 is 11.3 Å². The van der Waals surface area contributed by atoms with Gasteiger partial charge in [-0.3, -0.25) is 4.68 Å². The fraction of sp³-hybridized carbons (Fsp3) is 0.583. The van der Waals surface area contributed by atoms with Crippen molar-refractivity contribution in [3.05, 3.63) is 23.0 Å². The second-order valence-electron chi connectivity index (χ2n) is 4.68. The quantitative estimate of drug-likeness (QED) is 0.883. The van der Waals surface area contributed by atoms with Gasteiger partial charge in [0.1, 0.15) is 11.1 Å². The van der Waals surface area contributed by atoms with E-state index in [0.717, 1.165) is 23.6 Å². The van der Waals surface area contributed by atoms with Gasteiger partial charge in [-0.2, -0.15) is 5.10 Å². The monoisotopic (exact) mass is 295 g/mol. The number of ether oxygens (including phenoxy) is 2. The van der Waals surface area contributed by atoms with Crippen LogP contribution in [0.3, 0.4) is 0 Å². The molecule has 0 amide bonds. The van der Waals surface area contributed by atoms with Gasteiger partial charge in [0.2, 0.25) is 0 Å². The summed E-state index contributed by atoms with van der Waals surface area (Å²) in [4.78, 5) is 0. The van der Waals surface area contributed by atoms with Gasteiger partial charge in [0, 0.05) is 31.5 Å². The number of methoxy groups -OCH3 is 1. The molecule has 0 aromatic carbocycles. The van der Waals surface area contributed by atoms with Gasteiger partial charge in [-0.15, -0.1) is 10.2 Å². The average Bonchev–Trinajstić information content (AvgIpc) is 3.16. The van der Waals surface area contributed by atoms with Crippen LogP contribution in [0.2, 0.25) is 0 Å². The summed E-state index contributed by atoms with van der Waals surface area (Å²) in [6.07, 6.45) is 4.89. The van der Waals surface area contributed by atoms with E-state index in [1.165, 1.54) is 11.3 Å². The van der Waals surface area contributed by atoms with Crippen LogP contribution in [0.1, 0.15) is 23.1 Å². The zero-order chi connectivity index (χ0) is 13.9. The Morgan fingerprint density at radius 2 is 2.45 bits per heavy atom. The van der Waals surface area contributed by atoms with Gasteiger partial charge < -0.3 is 14.8 Å². The van der Waals surface area contributed by atoms with Crippen molar-refractivity contribution in [2.75, 3.05) is 13.7 Å². The Hall–Kier alpha value is -1.51. The molecule has 7 nitrogen and oxygen atoms in total. The van der Waals surface area contributed by atoms with E-state index >= 15 is 0 Å². The van der Waals surface area contributed by atoms with Crippen molar-refractivity contribution in [3.63, 3.8) is 0 Å². The molecule has 2 aromatic rings. The molecule has 20 heavy (non-hydrogen) atoms. The van der Waals surface area contributed by atoms with Gasteiger partial charge in [-0.25, -0.2) is 0 Å². The van der Waals surface area contributed by atoms with Crippen molar-refractivity contribution in [2.24, 2.45) is 7.05 Å². The number of aryl methyl sites for hydroxylation is 1. The number of nitrogens with one attached hydrogen (secondary N) is 1. The van der Waals surface area contributed by atoms with Gasteiger partial charge >= 0.3 is 0 Å². The van der Waals surface area contributed by atoms with Crippen LogP contribution in [0, 0.1) is 0 Å². The van der Waals surface area contributed by atoms with Crippen molar-refractivity contribution in [1.82, 2.24) is 25.3 Å². The third-order valence-corrected chi connectivity index (χ3v) is 4.17. The van der Waals surface area contributed by atoms with E-state index in [-0.39, 0.29) is 12.1 Å². The maximum absolute atomic E-state index is 5.81. The molecule has 2 atom stereocenters. The molecule has 108 valence electrons. The first-order valence-corrected chi connectivity index (χ1v) is 7.28. The second kappa shape index (κ2) is 5.86. The summed E-state index contributed by atoms with van der Waals surface area (Å²) in [5.41, 5.74) is 1.11. The lowest BCUT2D eigenvalue weighted by Gasteiger charge is -2.17. The Bertz CT molecular complexity index is 570. The zero-order valence-electron chi connectivity index (χ0n) is 11.4. The highest BCUT2D eigenvalue weighted by Crippen LogP contribution is 2.29. The molecular formula is C12H17N5O2S. The third-order valence-electron chi connectivity index (χ3n) is 3.28. The molecule has 8 heteroatoms. The summed E-state index contributed by atoms with van der Waals surface area (Å²) in [6.45, 7) is 1.43. The number of rotatable bonds is 5. The molecule has 0 radical (unpaired) electrons. The number of hydrogen-bond acceptors (Lipinski definition) is 7. The molecule has 1 fully saturated rings. The molecule has 0 aliphatic carbocycles. The molecule has 0 bridgehead atoms. The van der Waals surface area contributed by atoms with Gasteiger partial charge in [0.15, 0.2) is 0 Å². The SMILES string of the molecule is COc1nnc(CN[C@@H]2CCO[C@H]2c2cnn(C)c2)s1. The minimum atomic E-state index is 0.0542. The van der Waals surface area contributed by atoms with E-state index in [1.54, 1.807) is 11.8 Å². The van der Waals surface area contributed by atoms with Crippen LogP contribution in [-0.2, 0) is 18.3 Å². The first-order chi connectivity index (χ1) is 9.76. The maximum atomic E-state index is 5.81. The van der Waals surface area contributed by atoms with Crippen molar-refractivity contribution in [2.45, 2.75) is 25.1 Å². The van der Waals surface area contributed by atoms with Gasteiger partial charge in [-0.05, 0) is 6.42 Å². The van der Waals surface area contributed by atoms with Crippen LogP contribution in [0.4, 0.5) is 0 Å². The Morgan fingerprint density at radius 3 is 3.15 bits per heavy atom. The van der Waals surface area contributed by atoms with Crippen molar-refractivity contribution in [3.8, 4) is 5.19 Å². The minimum Gasteiger partial charge on any atom is -0.472 e. The van der Waals surface area contributed by atoms with Crippen LogP contribution >= 0.6 is 11.3 Å². The molecule has 0 unspecified atom stereocenters. The smallest absolute Gasteiger partial charge is 0.293 e. The van der Waals surface area contributed by atoms with Crippen LogP contribution in [0.15, 0.2) is 12.4 Å². The van der Waals surface area contributed by atoms with Gasteiger partial charge in [0.05, 0.1) is 19.9 Å². The Labute approximate surface area is 120 Å². The molecule has 0 spiro atoms. The summed E-state index contributed by atoms with van der Waals surface area (Å²) < 4.78 is 12.6. The predicted molar refractivity (Wildman–Crippen MR) is 73.6 cm³/mol. The normalized spacial score (nSPS) is 22.3. The molecular weight excluding hydrogens is 278 g/mol. The average molecular weight is 295 g/mol. The minimum absolute atomic E-state index is 0.0542. The molecule has 1 N–H and O–H groups in total. The second-order valence-corrected chi connectivity index (χ2v) is 5.71. The Kier molecular flexibility index (Phi) is 3.95. The summed E-state index contributed by atoms with van der Waals surface area (Å²) in [6, 6.07) is 0.272. The number of hydrogen-bond donors (Lipinski definition) is 1. The van der Waals surface area contributed by atoms with E-state index in [4.69, 9.17) is 9.47 Å². The molecule has 2 aromatic heterocycles. The first kappa shape index (κ1) is 13.5. The van der Waals surface area contributed by atoms with Gasteiger partial charge in [-0.1, -0.05) is 11.3 Å². The number of nitrogens with zero attached hydrogens (tertiary/aromatic N) is 4. The summed E-state index contributed by atoms with van der Waals surface area (Å²) in [7, 11) is 3.51. The standard InChI is InChI=1S/C12H17N5O2S/c1-17-7-8(5-14-17)11-9(3-4-19-11)13-6-10-15-16-12(18-2)20-10/h5,7,9,11,13H,3-4,6H2,1-2H3/t9-,11+/m1/s1. The van der Waals surface area contributed by atoms with Crippen LogP contribution in [0.5, 0.6) is 5.19 Å². The molecule has 1 saturated heterocycles. The fourth-order valence-corrected chi connectivity index (χ4v) is 2.93. The fourth-order valence-electron chi connectivity index (χ4n) is 2.32. The Balaban J connectivity index is 1.61. The molecule has 1 aliphatic heterocycles. The van der Waals surface area contributed by atoms with Crippen LogP contribution in [0.25, 0.3) is 0 Å². The molecule has 1 aliphatic rings. The Morgan fingerprint density at radius 1 is 1.55 bits per heavy atom.